The number of ether oxygens (including phenoxy) is 1. The highest BCUT2D eigenvalue weighted by molar-refractivity contribution is 14.1. The Morgan fingerprint density at radius 1 is 1.33 bits per heavy atom. The van der Waals surface area contributed by atoms with Gasteiger partial charge in [-0.1, -0.05) is 0 Å². The lowest BCUT2D eigenvalue weighted by atomic mass is 10.0. The zero-order chi connectivity index (χ0) is 21.0. The smallest absolute Gasteiger partial charge is 0.258 e. The summed E-state index contributed by atoms with van der Waals surface area (Å²) in [6, 6.07) is 1.95. The second kappa shape index (κ2) is 7.07. The van der Waals surface area contributed by atoms with Crippen molar-refractivity contribution >= 4 is 45.7 Å². The summed E-state index contributed by atoms with van der Waals surface area (Å²) in [5.41, 5.74) is 3.19. The third kappa shape index (κ3) is 3.01. The van der Waals surface area contributed by atoms with Crippen molar-refractivity contribution in [1.82, 2.24) is 19.9 Å². The zero-order valence-corrected chi connectivity index (χ0v) is 19.3. The van der Waals surface area contributed by atoms with E-state index in [1.807, 2.05) is 17.9 Å². The molecule has 30 heavy (non-hydrogen) atoms. The molecule has 0 radical (unpaired) electrons. The zero-order valence-electron chi connectivity index (χ0n) is 17.1. The number of rotatable bonds is 4. The molecule has 0 atom stereocenters. The first-order chi connectivity index (χ1) is 14.4. The number of furan rings is 1. The van der Waals surface area contributed by atoms with Crippen LogP contribution in [0.3, 0.4) is 0 Å². The van der Waals surface area contributed by atoms with Gasteiger partial charge in [-0.05, 0) is 44.7 Å². The fourth-order valence-corrected chi connectivity index (χ4v) is 4.88. The molecule has 156 valence electrons. The third-order valence-corrected chi connectivity index (χ3v) is 7.70. The highest BCUT2D eigenvalue weighted by Gasteiger charge is 2.44. The van der Waals surface area contributed by atoms with Crippen LogP contribution in [-0.2, 0) is 13.0 Å². The van der Waals surface area contributed by atoms with Gasteiger partial charge >= 0.3 is 0 Å². The lowest BCUT2D eigenvalue weighted by Gasteiger charge is -2.29. The first-order valence-electron chi connectivity index (χ1n) is 9.93. The number of fused-ring (bicyclic) bond motifs is 2. The third-order valence-electron chi connectivity index (χ3n) is 6.08. The molecule has 9 heteroatoms. The molecule has 0 spiro atoms. The van der Waals surface area contributed by atoms with Crippen LogP contribution in [0.2, 0.25) is 0 Å². The maximum absolute atomic E-state index is 13.6. The van der Waals surface area contributed by atoms with E-state index in [1.165, 1.54) is 6.33 Å². The molecule has 2 aliphatic rings. The summed E-state index contributed by atoms with van der Waals surface area (Å²) in [7, 11) is 1.62. The van der Waals surface area contributed by atoms with Crippen LogP contribution in [0.25, 0.3) is 11.1 Å². The van der Waals surface area contributed by atoms with Crippen molar-refractivity contribution in [3.8, 4) is 5.88 Å². The van der Waals surface area contributed by atoms with Crippen molar-refractivity contribution in [2.24, 2.45) is 0 Å². The molecule has 5 rings (SSSR count). The Hall–Kier alpha value is -2.43. The molecule has 4 heterocycles. The number of aromatic nitrogens is 3. The Bertz CT molecular complexity index is 1160. The fourth-order valence-electron chi connectivity index (χ4n) is 4.03. The quantitative estimate of drug-likeness (QED) is 0.383. The number of nitrogens with zero attached hydrogens (tertiary/aromatic N) is 5. The first kappa shape index (κ1) is 19.5. The summed E-state index contributed by atoms with van der Waals surface area (Å²) in [5.74, 6) is 1.89. The molecule has 1 fully saturated rings. The van der Waals surface area contributed by atoms with E-state index < -0.39 is 0 Å². The lowest BCUT2D eigenvalue weighted by molar-refractivity contribution is 0.0733. The molecule has 1 aliphatic heterocycles. The molecule has 8 nitrogen and oxygen atoms in total. The van der Waals surface area contributed by atoms with Gasteiger partial charge in [-0.3, -0.25) is 7.91 Å². The van der Waals surface area contributed by atoms with Gasteiger partial charge in [0.2, 0.25) is 11.6 Å². The van der Waals surface area contributed by atoms with E-state index >= 15 is 0 Å². The van der Waals surface area contributed by atoms with Crippen LogP contribution >= 0.6 is 22.9 Å². The molecule has 0 saturated heterocycles. The van der Waals surface area contributed by atoms with Gasteiger partial charge in [0.25, 0.3) is 5.91 Å². The van der Waals surface area contributed by atoms with Gasteiger partial charge < -0.3 is 14.1 Å². The monoisotopic (exact) mass is 519 g/mol. The highest BCUT2D eigenvalue weighted by atomic mass is 127. The number of methoxy groups -OCH3 is 1. The van der Waals surface area contributed by atoms with E-state index in [0.29, 0.717) is 47.8 Å². The van der Waals surface area contributed by atoms with Crippen LogP contribution in [-0.4, -0.2) is 45.0 Å². The van der Waals surface area contributed by atoms with Crippen molar-refractivity contribution in [3.63, 3.8) is 0 Å². The minimum Gasteiger partial charge on any atom is -0.481 e. The Kier molecular flexibility index (Phi) is 4.60. The van der Waals surface area contributed by atoms with Gasteiger partial charge in [-0.15, -0.1) is 0 Å². The molecule has 3 aromatic rings. The molecule has 0 bridgehead atoms. The first-order valence-corrected chi connectivity index (χ1v) is 10.9. The fraction of sp³-hybridized carbons (Fsp3) is 0.429. The molecule has 0 N–H and O–H groups in total. The number of halogens is 1. The molecule has 0 unspecified atom stereocenters. The highest BCUT2D eigenvalue weighted by Crippen LogP contribution is 2.47. The Morgan fingerprint density at radius 2 is 2.13 bits per heavy atom. The molecule has 3 aromatic heterocycles. The lowest BCUT2D eigenvalue weighted by Crippen LogP contribution is -2.36. The predicted molar refractivity (Wildman–Crippen MR) is 120 cm³/mol. The minimum absolute atomic E-state index is 0.0565. The summed E-state index contributed by atoms with van der Waals surface area (Å²) < 4.78 is 13.4. The number of anilines is 1. The number of pyridine rings is 1. The van der Waals surface area contributed by atoms with E-state index in [2.05, 4.69) is 47.9 Å². The summed E-state index contributed by atoms with van der Waals surface area (Å²) in [4.78, 5) is 28.6. The van der Waals surface area contributed by atoms with Crippen molar-refractivity contribution in [2.75, 3.05) is 16.8 Å². The Labute approximate surface area is 188 Å². The second-order valence-electron chi connectivity index (χ2n) is 8.12. The van der Waals surface area contributed by atoms with Crippen molar-refractivity contribution < 1.29 is 13.9 Å². The van der Waals surface area contributed by atoms with Crippen LogP contribution in [0.15, 0.2) is 23.0 Å². The topological polar surface area (TPSA) is 84.6 Å². The Balaban J connectivity index is 1.55. The average Bonchev–Trinajstić information content (AvgIpc) is 3.42. The minimum atomic E-state index is -0.0607. The second-order valence-corrected chi connectivity index (χ2v) is 9.09. The van der Waals surface area contributed by atoms with Gasteiger partial charge in [0.05, 0.1) is 40.9 Å². The maximum atomic E-state index is 13.6. The van der Waals surface area contributed by atoms with E-state index in [1.54, 1.807) is 13.3 Å². The standard InChI is InChI=1S/C21H22IN5O3/c1-12-15(16-17(24-11-25-19(16)30-12)27(22)21(2)6-7-21)20(28)26-9-5-14-13(10-26)4-8-23-18(14)29-3/h4,8,11H,5-7,9-10H2,1-3H3. The van der Waals surface area contributed by atoms with Crippen molar-refractivity contribution in [2.45, 2.75) is 45.2 Å². The van der Waals surface area contributed by atoms with Crippen LogP contribution in [0.1, 0.15) is 47.0 Å². The van der Waals surface area contributed by atoms with Crippen molar-refractivity contribution in [1.29, 1.82) is 0 Å². The van der Waals surface area contributed by atoms with Gasteiger partial charge in [0.15, 0.2) is 5.82 Å². The van der Waals surface area contributed by atoms with Crippen LogP contribution in [0.5, 0.6) is 5.88 Å². The molecule has 0 aromatic carbocycles. The average molecular weight is 519 g/mol. The summed E-state index contributed by atoms with van der Waals surface area (Å²) >= 11 is 2.29. The molecule has 1 amide bonds. The van der Waals surface area contributed by atoms with E-state index in [4.69, 9.17) is 9.15 Å². The number of aryl methyl sites for hydroxylation is 1. The van der Waals surface area contributed by atoms with E-state index in [-0.39, 0.29) is 11.4 Å². The SMILES string of the molecule is COc1nccc2c1CCN(C(=O)c1c(C)oc3ncnc(N(I)C4(C)CC4)c13)C2. The van der Waals surface area contributed by atoms with E-state index in [0.717, 1.165) is 29.8 Å². The van der Waals surface area contributed by atoms with Gasteiger partial charge in [0, 0.05) is 30.4 Å². The van der Waals surface area contributed by atoms with Gasteiger partial charge in [0.1, 0.15) is 12.1 Å². The van der Waals surface area contributed by atoms with E-state index in [9.17, 15) is 4.79 Å². The van der Waals surface area contributed by atoms with Gasteiger partial charge in [-0.2, -0.15) is 0 Å². The number of hydrogen-bond acceptors (Lipinski definition) is 7. The largest absolute Gasteiger partial charge is 0.481 e. The summed E-state index contributed by atoms with van der Waals surface area (Å²) in [6.45, 7) is 5.12. The summed E-state index contributed by atoms with van der Waals surface area (Å²) in [6.07, 6.45) is 6.12. The molecular weight excluding hydrogens is 497 g/mol. The van der Waals surface area contributed by atoms with Crippen LogP contribution in [0.4, 0.5) is 5.82 Å². The number of carbonyl (C=O) groups is 1. The molecule has 1 saturated carbocycles. The van der Waals surface area contributed by atoms with Gasteiger partial charge in [-0.25, -0.2) is 15.0 Å². The number of hydrogen-bond donors (Lipinski definition) is 0. The maximum Gasteiger partial charge on any atom is 0.258 e. The number of amides is 1. The Morgan fingerprint density at radius 3 is 2.87 bits per heavy atom. The van der Waals surface area contributed by atoms with Crippen LogP contribution < -0.4 is 7.85 Å². The number of carbonyl (C=O) groups excluding carboxylic acids is 1. The summed E-state index contributed by atoms with van der Waals surface area (Å²) in [5, 5.41) is 0.695. The normalized spacial score (nSPS) is 17.0. The predicted octanol–water partition coefficient (Wildman–Crippen LogP) is 3.84. The molecular formula is C21H22IN5O3. The molecule has 1 aliphatic carbocycles. The van der Waals surface area contributed by atoms with Crippen molar-refractivity contribution in [3.05, 3.63) is 41.0 Å². The van der Waals surface area contributed by atoms with Crippen LogP contribution in [0, 0.1) is 6.92 Å².